The van der Waals surface area contributed by atoms with E-state index in [0.717, 1.165) is 25.7 Å². The van der Waals surface area contributed by atoms with E-state index in [4.69, 9.17) is 0 Å². The van der Waals surface area contributed by atoms with Crippen LogP contribution in [0.15, 0.2) is 35.4 Å². The first kappa shape index (κ1) is 23.5. The molecule has 1 saturated carbocycles. The number of benzene rings is 1. The predicted octanol–water partition coefficient (Wildman–Crippen LogP) is 3.13. The minimum absolute atomic E-state index is 0.0210. The normalized spacial score (nSPS) is 18.6. The number of nitriles is 1. The third kappa shape index (κ3) is 5.53. The Kier molecular flexibility index (Phi) is 7.30. The zero-order valence-corrected chi connectivity index (χ0v) is 19.2. The van der Waals surface area contributed by atoms with Gasteiger partial charge in [0.15, 0.2) is 15.7 Å². The van der Waals surface area contributed by atoms with E-state index in [1.165, 1.54) is 19.2 Å². The molecule has 2 aromatic rings. The smallest absolute Gasteiger partial charge is 0.224 e. The summed E-state index contributed by atoms with van der Waals surface area (Å²) in [6.07, 6.45) is 4.84. The highest BCUT2D eigenvalue weighted by atomic mass is 32.2. The van der Waals surface area contributed by atoms with Crippen LogP contribution in [0.3, 0.4) is 0 Å². The van der Waals surface area contributed by atoms with Gasteiger partial charge in [-0.05, 0) is 51.7 Å². The van der Waals surface area contributed by atoms with Crippen LogP contribution in [0.1, 0.15) is 52.0 Å². The Morgan fingerprint density at radius 1 is 1.16 bits per heavy atom. The number of para-hydroxylation sites is 1. The minimum Gasteiger partial charge on any atom is -0.354 e. The summed E-state index contributed by atoms with van der Waals surface area (Å²) < 4.78 is 25.5. The molecular formula is C22H28N6O3S. The zero-order valence-electron chi connectivity index (χ0n) is 18.4. The number of hydrogen-bond acceptors (Lipinski definition) is 8. The summed E-state index contributed by atoms with van der Waals surface area (Å²) >= 11 is 0. The van der Waals surface area contributed by atoms with Crippen LogP contribution in [0.2, 0.25) is 0 Å². The Morgan fingerprint density at radius 2 is 1.81 bits per heavy atom. The fraction of sp³-hybridized carbons (Fsp3) is 0.455. The molecule has 1 fully saturated rings. The molecule has 9 nitrogen and oxygen atoms in total. The Labute approximate surface area is 188 Å². The fourth-order valence-corrected chi connectivity index (χ4v) is 4.88. The molecule has 0 radical (unpaired) electrons. The summed E-state index contributed by atoms with van der Waals surface area (Å²) in [4.78, 5) is 20.1. The van der Waals surface area contributed by atoms with E-state index in [9.17, 15) is 18.5 Å². The van der Waals surface area contributed by atoms with Crippen molar-refractivity contribution >= 4 is 33.2 Å². The maximum atomic E-state index is 12.7. The van der Waals surface area contributed by atoms with E-state index in [2.05, 4.69) is 25.9 Å². The number of carbonyl (C=O) groups is 1. The molecule has 0 bridgehead atoms. The molecule has 3 N–H and O–H groups in total. The Morgan fingerprint density at radius 3 is 2.44 bits per heavy atom. The van der Waals surface area contributed by atoms with Gasteiger partial charge in [-0.25, -0.2) is 13.4 Å². The van der Waals surface area contributed by atoms with Gasteiger partial charge in [0, 0.05) is 19.0 Å². The van der Waals surface area contributed by atoms with Gasteiger partial charge in [-0.1, -0.05) is 12.1 Å². The minimum atomic E-state index is -3.53. The van der Waals surface area contributed by atoms with Crippen molar-refractivity contribution in [3.63, 3.8) is 0 Å². The Bertz CT molecular complexity index is 1120. The molecule has 0 aliphatic heterocycles. The second-order valence-corrected chi connectivity index (χ2v) is 10.6. The highest BCUT2D eigenvalue weighted by molar-refractivity contribution is 7.92. The molecule has 1 amide bonds. The van der Waals surface area contributed by atoms with Crippen LogP contribution in [0.25, 0.3) is 0 Å². The number of rotatable bonds is 7. The van der Waals surface area contributed by atoms with Gasteiger partial charge in [0.05, 0.1) is 22.0 Å². The first-order valence-electron chi connectivity index (χ1n) is 10.6. The van der Waals surface area contributed by atoms with Crippen molar-refractivity contribution in [2.45, 2.75) is 68.7 Å². The summed E-state index contributed by atoms with van der Waals surface area (Å²) in [5, 5.41) is 18.2. The standard InChI is InChI=1S/C22H28N6O3S/c1-14(2)32(30,31)20-7-5-4-6-19(20)27-21-16(12-23)13-24-22(28-21)26-18-10-8-17(9-11-18)25-15(3)29/h4-7,13-14,17-18H,8-11H2,1-3H3,(H,25,29)(H2,24,26,27,28)/t17-,18-. The first-order chi connectivity index (χ1) is 15.2. The number of hydrogen-bond donors (Lipinski definition) is 3. The lowest BCUT2D eigenvalue weighted by molar-refractivity contribution is -0.119. The summed E-state index contributed by atoms with van der Waals surface area (Å²) in [5.41, 5.74) is 0.569. The quantitative estimate of drug-likeness (QED) is 0.578. The van der Waals surface area contributed by atoms with Crippen LogP contribution in [0.4, 0.5) is 17.5 Å². The second-order valence-electron chi connectivity index (χ2n) is 8.18. The van der Waals surface area contributed by atoms with Crippen molar-refractivity contribution in [2.24, 2.45) is 0 Å². The van der Waals surface area contributed by atoms with Crippen LogP contribution in [0.5, 0.6) is 0 Å². The number of aromatic nitrogens is 2. The van der Waals surface area contributed by atoms with Crippen molar-refractivity contribution < 1.29 is 13.2 Å². The molecular weight excluding hydrogens is 428 g/mol. The average Bonchev–Trinajstić information content (AvgIpc) is 2.75. The van der Waals surface area contributed by atoms with Gasteiger partial charge in [-0.3, -0.25) is 4.79 Å². The molecule has 1 heterocycles. The van der Waals surface area contributed by atoms with Crippen LogP contribution < -0.4 is 16.0 Å². The van der Waals surface area contributed by atoms with E-state index in [-0.39, 0.29) is 34.3 Å². The Hall–Kier alpha value is -3.19. The molecule has 0 saturated heterocycles. The number of sulfone groups is 1. The summed E-state index contributed by atoms with van der Waals surface area (Å²) in [7, 11) is -3.53. The molecule has 170 valence electrons. The summed E-state index contributed by atoms with van der Waals surface area (Å²) in [6.45, 7) is 4.77. The predicted molar refractivity (Wildman–Crippen MR) is 122 cm³/mol. The van der Waals surface area contributed by atoms with Gasteiger partial charge < -0.3 is 16.0 Å². The van der Waals surface area contributed by atoms with E-state index >= 15 is 0 Å². The van der Waals surface area contributed by atoms with E-state index in [1.807, 2.05) is 6.07 Å². The lowest BCUT2D eigenvalue weighted by atomic mass is 9.91. The van der Waals surface area contributed by atoms with Crippen LogP contribution in [-0.2, 0) is 14.6 Å². The van der Waals surface area contributed by atoms with Gasteiger partial charge in [0.1, 0.15) is 11.6 Å². The number of carbonyl (C=O) groups excluding carboxylic acids is 1. The van der Waals surface area contributed by atoms with Crippen molar-refractivity contribution in [3.05, 3.63) is 36.0 Å². The van der Waals surface area contributed by atoms with Gasteiger partial charge in [0.2, 0.25) is 11.9 Å². The SMILES string of the molecule is CC(=O)N[C@H]1CC[C@H](Nc2ncc(C#N)c(Nc3ccccc3S(=O)(=O)C(C)C)n2)CC1. The molecule has 1 aromatic heterocycles. The first-order valence-corrected chi connectivity index (χ1v) is 12.2. The lowest BCUT2D eigenvalue weighted by Gasteiger charge is -2.29. The van der Waals surface area contributed by atoms with Crippen LogP contribution in [0, 0.1) is 11.3 Å². The van der Waals surface area contributed by atoms with Crippen molar-refractivity contribution in [2.75, 3.05) is 10.6 Å². The molecule has 0 unspecified atom stereocenters. The summed E-state index contributed by atoms with van der Waals surface area (Å²) in [5.74, 6) is 0.578. The van der Waals surface area contributed by atoms with E-state index in [1.54, 1.807) is 32.0 Å². The van der Waals surface area contributed by atoms with Crippen LogP contribution >= 0.6 is 0 Å². The number of nitrogens with zero attached hydrogens (tertiary/aromatic N) is 3. The van der Waals surface area contributed by atoms with E-state index < -0.39 is 15.1 Å². The van der Waals surface area contributed by atoms with E-state index in [0.29, 0.717) is 11.6 Å². The van der Waals surface area contributed by atoms with Crippen molar-refractivity contribution in [1.29, 1.82) is 5.26 Å². The highest BCUT2D eigenvalue weighted by Gasteiger charge is 2.24. The molecule has 0 spiro atoms. The van der Waals surface area contributed by atoms with Gasteiger partial charge >= 0.3 is 0 Å². The molecule has 0 atom stereocenters. The largest absolute Gasteiger partial charge is 0.354 e. The van der Waals surface area contributed by atoms with Gasteiger partial charge in [-0.15, -0.1) is 0 Å². The zero-order chi connectivity index (χ0) is 23.3. The molecule has 1 aliphatic rings. The second kappa shape index (κ2) is 9.96. The van der Waals surface area contributed by atoms with Gasteiger partial charge in [0.25, 0.3) is 0 Å². The topological polar surface area (TPSA) is 137 Å². The lowest BCUT2D eigenvalue weighted by Crippen LogP contribution is -2.39. The number of anilines is 3. The van der Waals surface area contributed by atoms with Crippen molar-refractivity contribution in [3.8, 4) is 6.07 Å². The third-order valence-corrected chi connectivity index (χ3v) is 7.65. The molecule has 32 heavy (non-hydrogen) atoms. The Balaban J connectivity index is 1.79. The molecule has 1 aromatic carbocycles. The molecule has 1 aliphatic carbocycles. The third-order valence-electron chi connectivity index (χ3n) is 5.44. The summed E-state index contributed by atoms with van der Waals surface area (Å²) in [6, 6.07) is 8.95. The van der Waals surface area contributed by atoms with Crippen LogP contribution in [-0.4, -0.2) is 41.6 Å². The monoisotopic (exact) mass is 456 g/mol. The molecule has 10 heteroatoms. The van der Waals surface area contributed by atoms with Crippen molar-refractivity contribution in [1.82, 2.24) is 15.3 Å². The van der Waals surface area contributed by atoms with Gasteiger partial charge in [-0.2, -0.15) is 10.2 Å². The number of nitrogens with one attached hydrogen (secondary N) is 3. The average molecular weight is 457 g/mol. The maximum Gasteiger partial charge on any atom is 0.224 e. The fourth-order valence-electron chi connectivity index (χ4n) is 3.68. The highest BCUT2D eigenvalue weighted by Crippen LogP contribution is 2.29. The molecule has 3 rings (SSSR count). The number of amides is 1. The maximum absolute atomic E-state index is 12.7.